The Morgan fingerprint density at radius 3 is 0.323 bits per heavy atom. The van der Waals surface area contributed by atoms with Crippen molar-refractivity contribution in [3.8, 4) is 46.0 Å². The number of fused-ring (bicyclic) bond motifs is 16. The van der Waals surface area contributed by atoms with E-state index in [-0.39, 0.29) is 0 Å². The average molecular weight is 1300 g/mol. The van der Waals surface area contributed by atoms with Gasteiger partial charge in [0.2, 0.25) is 0 Å². The molecule has 0 unspecified atom stereocenters. The molecule has 0 amide bonds. The molecule has 0 saturated heterocycles. The Balaban J connectivity index is 1.32. The number of rotatable bonds is 24. The first kappa shape index (κ1) is 72.4. The highest BCUT2D eigenvalue weighted by Crippen LogP contribution is 2.44. The highest BCUT2D eigenvalue weighted by atomic mass is 16.5. The summed E-state index contributed by atoms with van der Waals surface area (Å²) < 4.78 is 56.3. The molecule has 0 fully saturated rings. The molecule has 96 heavy (non-hydrogen) atoms. The van der Waals surface area contributed by atoms with Crippen LogP contribution in [-0.2, 0) is 51.4 Å². The van der Waals surface area contributed by atoms with Crippen molar-refractivity contribution in [3.05, 3.63) is 231 Å². The predicted octanol–water partition coefficient (Wildman–Crippen LogP) is 21.5. The molecule has 0 heterocycles. The van der Waals surface area contributed by atoms with Crippen molar-refractivity contribution in [3.63, 3.8) is 0 Å². The summed E-state index contributed by atoms with van der Waals surface area (Å²) in [5, 5.41) is 0. The van der Waals surface area contributed by atoms with Crippen LogP contribution in [0.1, 0.15) is 240 Å². The fourth-order valence-corrected chi connectivity index (χ4v) is 14.3. The molecule has 8 aromatic carbocycles. The van der Waals surface area contributed by atoms with E-state index >= 15 is 0 Å². The van der Waals surface area contributed by atoms with E-state index < -0.39 is 0 Å². The molecular weight excluding hydrogens is 1180 g/mol. The van der Waals surface area contributed by atoms with Gasteiger partial charge < -0.3 is 37.9 Å². The molecule has 8 heteroatoms. The lowest BCUT2D eigenvalue weighted by atomic mass is 9.88. The number of aryl methyl sites for hydroxylation is 8. The van der Waals surface area contributed by atoms with Crippen molar-refractivity contribution in [1.82, 2.24) is 0 Å². The largest absolute Gasteiger partial charge is 0.493 e. The summed E-state index contributed by atoms with van der Waals surface area (Å²) >= 11 is 0. The second-order valence-corrected chi connectivity index (χ2v) is 27.5. The van der Waals surface area contributed by atoms with E-state index in [0.717, 1.165) is 186 Å². The minimum absolute atomic E-state index is 0.598. The van der Waals surface area contributed by atoms with Gasteiger partial charge in [0.05, 0.1) is 52.9 Å². The summed E-state index contributed by atoms with van der Waals surface area (Å²) in [6.07, 6.45) is 12.1. The number of ether oxygens (including phenoxy) is 8. The van der Waals surface area contributed by atoms with Crippen LogP contribution < -0.4 is 37.9 Å². The maximum Gasteiger partial charge on any atom is 0.126 e. The quantitative estimate of drug-likeness (QED) is 0.0592. The van der Waals surface area contributed by atoms with Gasteiger partial charge in [-0.25, -0.2) is 0 Å². The summed E-state index contributed by atoms with van der Waals surface area (Å²) in [7, 11) is 0. The average Bonchev–Trinajstić information content (AvgIpc) is 0.819. The van der Waals surface area contributed by atoms with E-state index in [1.165, 1.54) is 44.5 Å². The van der Waals surface area contributed by atoms with Crippen LogP contribution in [-0.4, -0.2) is 52.9 Å². The molecule has 0 atom stereocenters. The first-order valence-corrected chi connectivity index (χ1v) is 36.5. The summed E-state index contributed by atoms with van der Waals surface area (Å²) in [5.74, 6) is 7.53. The monoisotopic (exact) mass is 1300 g/mol. The minimum atomic E-state index is 0.598. The van der Waals surface area contributed by atoms with Crippen molar-refractivity contribution >= 4 is 0 Å². The Bertz CT molecular complexity index is 2990. The summed E-state index contributed by atoms with van der Waals surface area (Å²) in [6.45, 7) is 40.1. The van der Waals surface area contributed by atoms with E-state index in [1.807, 2.05) is 0 Å². The number of benzene rings is 8. The molecular formula is C88H112O8. The van der Waals surface area contributed by atoms with E-state index in [1.54, 1.807) is 0 Å². The molecule has 9 rings (SSSR count). The van der Waals surface area contributed by atoms with Crippen LogP contribution in [0.25, 0.3) is 0 Å². The maximum atomic E-state index is 7.04. The third kappa shape index (κ3) is 18.4. The standard InChI is InChI=1S/C88H112O8/c1-17-25-89-81-65-33-57(9)34-66(81)50-68-36-59(11)38-70(83(68)91-27-19-3)52-72-40-61(13)42-74(85(72)93-29-21-5)54-76-44-63(15)46-78(87(76)95-31-23-7)56-80-48-64(16)47-79(88(80)96-32-24-8)55-77-45-62(14)43-75(86(77)94-30-22-6)53-73-41-60(12)39-71(84(73)92-28-20-4)51-69-37-58(10)35-67(49-65)82(69)90-26-18-2/h33-48H,17-32,49-56H2,1-16H3. The second kappa shape index (κ2) is 34.9. The normalized spacial score (nSPS) is 12.5. The number of hydrogen-bond donors (Lipinski definition) is 0. The van der Waals surface area contributed by atoms with Gasteiger partial charge in [-0.15, -0.1) is 0 Å². The third-order valence-electron chi connectivity index (χ3n) is 17.7. The molecule has 1 aliphatic rings. The Morgan fingerprint density at radius 2 is 0.250 bits per heavy atom. The van der Waals surface area contributed by atoms with Gasteiger partial charge in [0, 0.05) is 51.4 Å². The van der Waals surface area contributed by atoms with Crippen LogP contribution in [0.4, 0.5) is 0 Å². The highest BCUT2D eigenvalue weighted by Gasteiger charge is 2.27. The van der Waals surface area contributed by atoms with Crippen molar-refractivity contribution in [2.45, 2.75) is 214 Å². The molecule has 0 aromatic heterocycles. The van der Waals surface area contributed by atoms with Crippen LogP contribution in [0.3, 0.4) is 0 Å². The highest BCUT2D eigenvalue weighted by molar-refractivity contribution is 5.61. The summed E-state index contributed by atoms with van der Waals surface area (Å²) in [4.78, 5) is 0. The van der Waals surface area contributed by atoms with E-state index in [0.29, 0.717) is 104 Å². The smallest absolute Gasteiger partial charge is 0.126 e. The van der Waals surface area contributed by atoms with Gasteiger partial charge in [-0.2, -0.15) is 0 Å². The molecule has 1 aliphatic carbocycles. The Labute approximate surface area is 577 Å². The van der Waals surface area contributed by atoms with Crippen LogP contribution >= 0.6 is 0 Å². The second-order valence-electron chi connectivity index (χ2n) is 27.5. The van der Waals surface area contributed by atoms with Crippen molar-refractivity contribution in [1.29, 1.82) is 0 Å². The van der Waals surface area contributed by atoms with Gasteiger partial charge in [0.15, 0.2) is 0 Å². The van der Waals surface area contributed by atoms with E-state index in [2.05, 4.69) is 208 Å². The molecule has 0 N–H and O–H groups in total. The zero-order valence-electron chi connectivity index (χ0n) is 61.5. The van der Waals surface area contributed by atoms with Crippen LogP contribution in [0.15, 0.2) is 97.1 Å². The minimum Gasteiger partial charge on any atom is -0.493 e. The Morgan fingerprint density at radius 1 is 0.167 bits per heavy atom. The van der Waals surface area contributed by atoms with Crippen LogP contribution in [0, 0.1) is 55.4 Å². The fraction of sp³-hybridized carbons (Fsp3) is 0.455. The molecule has 512 valence electrons. The zero-order valence-corrected chi connectivity index (χ0v) is 61.5. The van der Waals surface area contributed by atoms with Gasteiger partial charge in [-0.3, -0.25) is 0 Å². The van der Waals surface area contributed by atoms with Crippen molar-refractivity contribution in [2.75, 3.05) is 52.9 Å². The Kier molecular flexibility index (Phi) is 26.3. The fourth-order valence-electron chi connectivity index (χ4n) is 14.3. The summed E-state index contributed by atoms with van der Waals surface area (Å²) in [5.41, 5.74) is 27.9. The van der Waals surface area contributed by atoms with Crippen molar-refractivity contribution < 1.29 is 37.9 Å². The van der Waals surface area contributed by atoms with Crippen molar-refractivity contribution in [2.24, 2.45) is 0 Å². The number of hydrogen-bond acceptors (Lipinski definition) is 8. The van der Waals surface area contributed by atoms with Gasteiger partial charge in [0.25, 0.3) is 0 Å². The molecule has 0 spiro atoms. The van der Waals surface area contributed by atoms with Gasteiger partial charge in [0.1, 0.15) is 46.0 Å². The third-order valence-corrected chi connectivity index (χ3v) is 17.7. The molecule has 8 aromatic rings. The van der Waals surface area contributed by atoms with Gasteiger partial charge in [-0.1, -0.05) is 197 Å². The predicted molar refractivity (Wildman–Crippen MR) is 398 cm³/mol. The first-order chi connectivity index (χ1) is 46.5. The maximum absolute atomic E-state index is 7.04. The lowest BCUT2D eigenvalue weighted by molar-refractivity contribution is 0.305. The molecule has 0 saturated carbocycles. The first-order valence-electron chi connectivity index (χ1n) is 36.5. The van der Waals surface area contributed by atoms with E-state index in [4.69, 9.17) is 37.9 Å². The van der Waals surface area contributed by atoms with E-state index in [9.17, 15) is 0 Å². The van der Waals surface area contributed by atoms with Gasteiger partial charge >= 0.3 is 0 Å². The lowest BCUT2D eigenvalue weighted by Gasteiger charge is -2.24. The summed E-state index contributed by atoms with van der Waals surface area (Å²) in [6, 6.07) is 37.4. The molecule has 0 radical (unpaired) electrons. The molecule has 8 nitrogen and oxygen atoms in total. The SMILES string of the molecule is CCCOc1c2cc(C)cc1Cc1cc(C)cc(c1OCCC)Cc1cc(C)cc(c1OCCC)Cc1cc(C)cc(c1OCCC)Cc1cc(C)cc(c1OCCC)Cc1cc(C)cc(c1OCCC)Cc1cc(C)cc(c1OCCC)Cc1cc(C)cc(c1OCCC)C2. The van der Waals surface area contributed by atoms with Gasteiger partial charge in [-0.05, 0) is 196 Å². The lowest BCUT2D eigenvalue weighted by Crippen LogP contribution is -2.11. The topological polar surface area (TPSA) is 73.8 Å². The van der Waals surface area contributed by atoms with Crippen LogP contribution in [0.2, 0.25) is 0 Å². The molecule has 16 bridgehead atoms. The Hall–Kier alpha value is -7.84. The zero-order chi connectivity index (χ0) is 68.4. The molecule has 0 aliphatic heterocycles. The van der Waals surface area contributed by atoms with Crippen LogP contribution in [0.5, 0.6) is 46.0 Å².